The number of amides is 1. The van der Waals surface area contributed by atoms with E-state index in [0.29, 0.717) is 18.0 Å². The average molecular weight is 472 g/mol. The van der Waals surface area contributed by atoms with Crippen LogP contribution in [0.3, 0.4) is 0 Å². The van der Waals surface area contributed by atoms with Gasteiger partial charge in [-0.25, -0.2) is 4.39 Å². The van der Waals surface area contributed by atoms with E-state index in [-0.39, 0.29) is 17.6 Å². The summed E-state index contributed by atoms with van der Waals surface area (Å²) < 4.78 is 20.3. The molecule has 180 valence electrons. The van der Waals surface area contributed by atoms with Crippen molar-refractivity contribution in [3.05, 3.63) is 89.3 Å². The standard InChI is InChI=1S/C29H30FN3O2/c1-32(2)26-20(8-5-9-23(26)30)19-12-15-29(16-13-19)27-22(21-7-3-4-10-24(21)31-27)14-17-33(29)28(34)25-11-6-18-35-25/h3-11,18-19,31H,12-17H2,1-2H3. The van der Waals surface area contributed by atoms with E-state index in [1.807, 2.05) is 36.0 Å². The van der Waals surface area contributed by atoms with Crippen LogP contribution in [0.2, 0.25) is 0 Å². The van der Waals surface area contributed by atoms with Crippen molar-refractivity contribution >= 4 is 22.5 Å². The maximum absolute atomic E-state index is 14.7. The van der Waals surface area contributed by atoms with Crippen LogP contribution < -0.4 is 4.90 Å². The Bertz CT molecular complexity index is 1380. The number of aromatic amines is 1. The van der Waals surface area contributed by atoms with Crippen LogP contribution in [0.4, 0.5) is 10.1 Å². The predicted molar refractivity (Wildman–Crippen MR) is 135 cm³/mol. The van der Waals surface area contributed by atoms with Crippen LogP contribution in [-0.2, 0) is 12.0 Å². The Morgan fingerprint density at radius 3 is 2.63 bits per heavy atom. The van der Waals surface area contributed by atoms with E-state index in [1.165, 1.54) is 17.0 Å². The van der Waals surface area contributed by atoms with Crippen LogP contribution in [0.5, 0.6) is 0 Å². The van der Waals surface area contributed by atoms with Crippen LogP contribution in [0.25, 0.3) is 10.9 Å². The predicted octanol–water partition coefficient (Wildman–Crippen LogP) is 6.22. The number of hydrogen-bond acceptors (Lipinski definition) is 3. The molecule has 6 heteroatoms. The molecule has 0 bridgehead atoms. The molecule has 1 amide bonds. The lowest BCUT2D eigenvalue weighted by Gasteiger charge is -2.50. The molecular formula is C29H30FN3O2. The monoisotopic (exact) mass is 471 g/mol. The van der Waals surface area contributed by atoms with E-state index in [1.54, 1.807) is 18.4 Å². The normalized spacial score (nSPS) is 21.9. The van der Waals surface area contributed by atoms with Gasteiger partial charge in [0.15, 0.2) is 5.76 Å². The molecule has 4 aromatic rings. The summed E-state index contributed by atoms with van der Waals surface area (Å²) >= 11 is 0. The van der Waals surface area contributed by atoms with Gasteiger partial charge in [0.1, 0.15) is 5.82 Å². The number of furan rings is 1. The second-order valence-electron chi connectivity index (χ2n) is 10.1. The molecule has 1 saturated carbocycles. The van der Waals surface area contributed by atoms with Crippen molar-refractivity contribution in [1.82, 2.24) is 9.88 Å². The van der Waals surface area contributed by atoms with Gasteiger partial charge in [-0.2, -0.15) is 0 Å². The Morgan fingerprint density at radius 2 is 1.89 bits per heavy atom. The number of benzene rings is 2. The lowest BCUT2D eigenvalue weighted by Crippen LogP contribution is -2.55. The van der Waals surface area contributed by atoms with Crippen molar-refractivity contribution in [1.29, 1.82) is 0 Å². The summed E-state index contributed by atoms with van der Waals surface area (Å²) in [5.41, 5.74) is 4.90. The third-order valence-corrected chi connectivity index (χ3v) is 8.08. The molecule has 35 heavy (non-hydrogen) atoms. The lowest BCUT2D eigenvalue weighted by atomic mass is 9.69. The summed E-state index contributed by atoms with van der Waals surface area (Å²) in [4.78, 5) is 21.3. The van der Waals surface area contributed by atoms with Gasteiger partial charge in [-0.05, 0) is 73.4 Å². The summed E-state index contributed by atoms with van der Waals surface area (Å²) in [6.07, 6.45) is 5.75. The fraction of sp³-hybridized carbons (Fsp3) is 0.345. The van der Waals surface area contributed by atoms with Gasteiger partial charge < -0.3 is 19.2 Å². The number of hydrogen-bond donors (Lipinski definition) is 1. The van der Waals surface area contributed by atoms with Gasteiger partial charge in [-0.15, -0.1) is 0 Å². The van der Waals surface area contributed by atoms with Crippen LogP contribution in [-0.4, -0.2) is 36.4 Å². The van der Waals surface area contributed by atoms with Gasteiger partial charge in [0.25, 0.3) is 5.91 Å². The maximum atomic E-state index is 14.7. The highest BCUT2D eigenvalue weighted by molar-refractivity contribution is 5.93. The molecule has 1 fully saturated rings. The Labute approximate surface area is 204 Å². The molecule has 2 aliphatic rings. The highest BCUT2D eigenvalue weighted by atomic mass is 19.1. The van der Waals surface area contributed by atoms with Gasteiger partial charge in [-0.3, -0.25) is 4.79 Å². The molecule has 1 spiro atoms. The molecule has 0 unspecified atom stereocenters. The summed E-state index contributed by atoms with van der Waals surface area (Å²) in [5, 5.41) is 1.24. The fourth-order valence-electron chi connectivity index (χ4n) is 6.52. The zero-order chi connectivity index (χ0) is 24.2. The number of halogens is 1. The van der Waals surface area contributed by atoms with Gasteiger partial charge in [-0.1, -0.05) is 30.3 Å². The SMILES string of the molecule is CN(C)c1c(F)cccc1C1CCC2(CC1)c1[nH]c3ccccc3c1CCN2C(=O)c1ccco1. The Kier molecular flexibility index (Phi) is 5.20. The zero-order valence-corrected chi connectivity index (χ0v) is 20.2. The van der Waals surface area contributed by atoms with Crippen LogP contribution >= 0.6 is 0 Å². The largest absolute Gasteiger partial charge is 0.459 e. The minimum absolute atomic E-state index is 0.0579. The van der Waals surface area contributed by atoms with E-state index in [4.69, 9.17) is 4.42 Å². The number of aromatic nitrogens is 1. The minimum Gasteiger partial charge on any atom is -0.459 e. The molecular weight excluding hydrogens is 441 g/mol. The van der Waals surface area contributed by atoms with E-state index in [0.717, 1.165) is 48.9 Å². The second-order valence-corrected chi connectivity index (χ2v) is 10.1. The maximum Gasteiger partial charge on any atom is 0.290 e. The molecule has 0 atom stereocenters. The van der Waals surface area contributed by atoms with Crippen molar-refractivity contribution in [2.24, 2.45) is 0 Å². The first-order valence-electron chi connectivity index (χ1n) is 12.4. The van der Waals surface area contributed by atoms with E-state index in [2.05, 4.69) is 29.2 Å². The highest BCUT2D eigenvalue weighted by Gasteiger charge is 2.49. The number of rotatable bonds is 3. The summed E-state index contributed by atoms with van der Waals surface area (Å²) in [6, 6.07) is 17.3. The number of carbonyl (C=O) groups excluding carboxylic acids is 1. The Morgan fingerprint density at radius 1 is 1.09 bits per heavy atom. The topological polar surface area (TPSA) is 52.5 Å². The first kappa shape index (κ1) is 22.0. The van der Waals surface area contributed by atoms with Crippen molar-refractivity contribution in [2.75, 3.05) is 25.5 Å². The third-order valence-electron chi connectivity index (χ3n) is 8.08. The van der Waals surface area contributed by atoms with E-state index < -0.39 is 5.54 Å². The molecule has 1 N–H and O–H groups in total. The molecule has 2 aromatic heterocycles. The molecule has 2 aromatic carbocycles. The third kappa shape index (κ3) is 3.38. The number of para-hydroxylation sites is 2. The van der Waals surface area contributed by atoms with Gasteiger partial charge in [0.05, 0.1) is 17.5 Å². The first-order valence-corrected chi connectivity index (χ1v) is 12.4. The number of fused-ring (bicyclic) bond motifs is 4. The highest BCUT2D eigenvalue weighted by Crippen LogP contribution is 2.52. The molecule has 5 nitrogen and oxygen atoms in total. The quantitative estimate of drug-likeness (QED) is 0.386. The molecule has 1 aliphatic carbocycles. The molecule has 6 rings (SSSR count). The fourth-order valence-corrected chi connectivity index (χ4v) is 6.52. The Hall–Kier alpha value is -3.54. The van der Waals surface area contributed by atoms with E-state index in [9.17, 15) is 9.18 Å². The van der Waals surface area contributed by atoms with Crippen LogP contribution in [0.15, 0.2) is 65.3 Å². The molecule has 1 aliphatic heterocycles. The van der Waals surface area contributed by atoms with Crippen molar-refractivity contribution in [3.63, 3.8) is 0 Å². The van der Waals surface area contributed by atoms with Crippen molar-refractivity contribution in [2.45, 2.75) is 43.6 Å². The lowest BCUT2D eigenvalue weighted by molar-refractivity contribution is 0.0199. The number of nitrogens with zero attached hydrogens (tertiary/aromatic N) is 2. The summed E-state index contributed by atoms with van der Waals surface area (Å²) in [7, 11) is 3.79. The van der Waals surface area contributed by atoms with E-state index >= 15 is 0 Å². The van der Waals surface area contributed by atoms with Crippen molar-refractivity contribution < 1.29 is 13.6 Å². The number of anilines is 1. The molecule has 0 saturated heterocycles. The molecule has 0 radical (unpaired) electrons. The summed E-state index contributed by atoms with van der Waals surface area (Å²) in [5.74, 6) is 0.380. The number of H-pyrrole nitrogens is 1. The molecule has 3 heterocycles. The van der Waals surface area contributed by atoms with Crippen LogP contribution in [0.1, 0.15) is 59.0 Å². The summed E-state index contributed by atoms with van der Waals surface area (Å²) in [6.45, 7) is 0.655. The Balaban J connectivity index is 1.42. The number of carbonyl (C=O) groups is 1. The van der Waals surface area contributed by atoms with Gasteiger partial charge in [0, 0.05) is 37.2 Å². The number of nitrogens with one attached hydrogen (secondary N) is 1. The van der Waals surface area contributed by atoms with Crippen LogP contribution in [0, 0.1) is 5.82 Å². The first-order chi connectivity index (χ1) is 17.0. The second kappa shape index (κ2) is 8.29. The van der Waals surface area contributed by atoms with Gasteiger partial charge >= 0.3 is 0 Å². The van der Waals surface area contributed by atoms with Crippen molar-refractivity contribution in [3.8, 4) is 0 Å². The zero-order valence-electron chi connectivity index (χ0n) is 20.2. The smallest absolute Gasteiger partial charge is 0.290 e. The average Bonchev–Trinajstić information content (AvgIpc) is 3.53. The van der Waals surface area contributed by atoms with Gasteiger partial charge in [0.2, 0.25) is 0 Å². The minimum atomic E-state index is -0.432.